The van der Waals surface area contributed by atoms with Crippen LogP contribution in [0.15, 0.2) is 18.2 Å². The molecule has 1 aromatic heterocycles. The van der Waals surface area contributed by atoms with Gasteiger partial charge in [-0.1, -0.05) is 37.5 Å². The number of anilines is 1. The maximum Gasteiger partial charge on any atom is 0.338 e. The highest BCUT2D eigenvalue weighted by Crippen LogP contribution is 2.26. The van der Waals surface area contributed by atoms with Crippen LogP contribution in [-0.2, 0) is 4.74 Å². The Hall–Kier alpha value is -1.62. The summed E-state index contributed by atoms with van der Waals surface area (Å²) in [6.07, 6.45) is 4.43. The maximum absolute atomic E-state index is 12.0. The van der Waals surface area contributed by atoms with E-state index in [-0.39, 0.29) is 5.97 Å². The first-order valence-corrected chi connectivity index (χ1v) is 8.37. The van der Waals surface area contributed by atoms with Gasteiger partial charge in [-0.2, -0.15) is 0 Å². The van der Waals surface area contributed by atoms with E-state index in [4.69, 9.17) is 4.74 Å². The summed E-state index contributed by atoms with van der Waals surface area (Å²) >= 11 is 1.56. The molecule has 0 saturated carbocycles. The molecule has 0 unspecified atom stereocenters. The minimum Gasteiger partial charge on any atom is -0.462 e. The number of carbonyl (C=O) groups is 1. The smallest absolute Gasteiger partial charge is 0.338 e. The number of fused-ring (bicyclic) bond motifs is 1. The zero-order valence-electron chi connectivity index (χ0n) is 12.6. The molecule has 5 heteroatoms. The average molecular weight is 306 g/mol. The van der Waals surface area contributed by atoms with Crippen molar-refractivity contribution in [3.05, 3.63) is 23.8 Å². The monoisotopic (exact) mass is 306 g/mol. The van der Waals surface area contributed by atoms with E-state index in [1.165, 1.54) is 12.8 Å². The Kier molecular flexibility index (Phi) is 5.99. The van der Waals surface area contributed by atoms with Gasteiger partial charge in [0.25, 0.3) is 0 Å². The van der Waals surface area contributed by atoms with Crippen LogP contribution < -0.4 is 5.32 Å². The first kappa shape index (κ1) is 15.8. The Morgan fingerprint density at radius 2 is 2.14 bits per heavy atom. The van der Waals surface area contributed by atoms with E-state index < -0.39 is 0 Å². The summed E-state index contributed by atoms with van der Waals surface area (Å²) in [6.45, 7) is 5.54. The van der Waals surface area contributed by atoms with Crippen molar-refractivity contribution in [1.29, 1.82) is 0 Å². The van der Waals surface area contributed by atoms with E-state index in [9.17, 15) is 4.79 Å². The second kappa shape index (κ2) is 7.98. The Morgan fingerprint density at radius 3 is 2.90 bits per heavy atom. The van der Waals surface area contributed by atoms with Crippen LogP contribution in [0.3, 0.4) is 0 Å². The standard InChI is InChI=1S/C16H22N2O2S/c1-3-5-6-7-10-20-15(19)12-8-9-13-14(11-12)21-16(18-13)17-4-2/h8-9,11H,3-7,10H2,1-2H3,(H,17,18). The Labute approximate surface area is 129 Å². The lowest BCUT2D eigenvalue weighted by Crippen LogP contribution is -2.06. The number of aromatic nitrogens is 1. The number of carbonyl (C=O) groups excluding carboxylic acids is 1. The van der Waals surface area contributed by atoms with Crippen molar-refractivity contribution in [2.45, 2.75) is 39.5 Å². The van der Waals surface area contributed by atoms with Gasteiger partial charge >= 0.3 is 5.97 Å². The molecule has 0 aliphatic heterocycles. The predicted molar refractivity (Wildman–Crippen MR) is 88.2 cm³/mol. The lowest BCUT2D eigenvalue weighted by molar-refractivity contribution is 0.0498. The minimum atomic E-state index is -0.244. The molecular weight excluding hydrogens is 284 g/mol. The first-order chi connectivity index (χ1) is 10.2. The van der Waals surface area contributed by atoms with Crippen LogP contribution >= 0.6 is 11.3 Å². The Balaban J connectivity index is 1.96. The zero-order valence-corrected chi connectivity index (χ0v) is 13.5. The fourth-order valence-electron chi connectivity index (χ4n) is 2.06. The zero-order chi connectivity index (χ0) is 15.1. The van der Waals surface area contributed by atoms with Gasteiger partial charge in [0.05, 0.1) is 22.4 Å². The fraction of sp³-hybridized carbons (Fsp3) is 0.500. The summed E-state index contributed by atoms with van der Waals surface area (Å²) < 4.78 is 6.31. The molecule has 114 valence electrons. The average Bonchev–Trinajstić information content (AvgIpc) is 2.88. The molecule has 0 aliphatic rings. The Morgan fingerprint density at radius 1 is 1.29 bits per heavy atom. The van der Waals surface area contributed by atoms with Crippen LogP contribution in [0, 0.1) is 0 Å². The quantitative estimate of drug-likeness (QED) is 0.577. The summed E-state index contributed by atoms with van der Waals surface area (Å²) in [5.41, 5.74) is 1.51. The molecular formula is C16H22N2O2S. The highest BCUT2D eigenvalue weighted by molar-refractivity contribution is 7.22. The summed E-state index contributed by atoms with van der Waals surface area (Å²) in [6, 6.07) is 5.52. The largest absolute Gasteiger partial charge is 0.462 e. The summed E-state index contributed by atoms with van der Waals surface area (Å²) in [5, 5.41) is 4.08. The number of nitrogens with one attached hydrogen (secondary N) is 1. The molecule has 1 heterocycles. The highest BCUT2D eigenvalue weighted by Gasteiger charge is 2.10. The number of nitrogens with zero attached hydrogens (tertiary/aromatic N) is 1. The first-order valence-electron chi connectivity index (χ1n) is 7.56. The second-order valence-corrected chi connectivity index (χ2v) is 5.96. The molecule has 0 atom stereocenters. The lowest BCUT2D eigenvalue weighted by atomic mass is 10.2. The van der Waals surface area contributed by atoms with E-state index in [0.29, 0.717) is 12.2 Å². The van der Waals surface area contributed by atoms with Crippen LogP contribution in [0.25, 0.3) is 10.2 Å². The summed E-state index contributed by atoms with van der Waals surface area (Å²) in [4.78, 5) is 16.5. The molecule has 0 bridgehead atoms. The number of hydrogen-bond acceptors (Lipinski definition) is 5. The highest BCUT2D eigenvalue weighted by atomic mass is 32.1. The van der Waals surface area contributed by atoms with Crippen LogP contribution in [0.1, 0.15) is 49.9 Å². The topological polar surface area (TPSA) is 51.2 Å². The molecule has 0 saturated heterocycles. The minimum absolute atomic E-state index is 0.244. The molecule has 2 rings (SSSR count). The van der Waals surface area contributed by atoms with Crippen molar-refractivity contribution in [3.63, 3.8) is 0 Å². The van der Waals surface area contributed by atoms with E-state index in [1.807, 2.05) is 19.1 Å². The molecule has 4 nitrogen and oxygen atoms in total. The third-order valence-corrected chi connectivity index (χ3v) is 4.16. The SMILES string of the molecule is CCCCCCOC(=O)c1ccc2nc(NCC)sc2c1. The number of thiazole rings is 1. The molecule has 1 N–H and O–H groups in total. The van der Waals surface area contributed by atoms with Crippen LogP contribution in [0.2, 0.25) is 0 Å². The molecule has 21 heavy (non-hydrogen) atoms. The second-order valence-electron chi connectivity index (χ2n) is 4.93. The molecule has 0 radical (unpaired) electrons. The molecule has 0 aliphatic carbocycles. The van der Waals surface area contributed by atoms with E-state index in [2.05, 4.69) is 17.2 Å². The van der Waals surface area contributed by atoms with Gasteiger partial charge in [0.2, 0.25) is 0 Å². The molecule has 0 amide bonds. The van der Waals surface area contributed by atoms with Gasteiger partial charge < -0.3 is 10.1 Å². The van der Waals surface area contributed by atoms with Crippen molar-refractivity contribution < 1.29 is 9.53 Å². The molecule has 1 aromatic carbocycles. The third-order valence-electron chi connectivity index (χ3n) is 3.18. The van der Waals surface area contributed by atoms with E-state index in [0.717, 1.165) is 34.7 Å². The van der Waals surface area contributed by atoms with Crippen molar-refractivity contribution in [2.75, 3.05) is 18.5 Å². The van der Waals surface area contributed by atoms with Crippen LogP contribution in [-0.4, -0.2) is 24.1 Å². The van der Waals surface area contributed by atoms with E-state index in [1.54, 1.807) is 17.4 Å². The normalized spacial score (nSPS) is 10.8. The number of benzene rings is 1. The third kappa shape index (κ3) is 4.43. The molecule has 0 spiro atoms. The van der Waals surface area contributed by atoms with Gasteiger partial charge in [0.1, 0.15) is 0 Å². The lowest BCUT2D eigenvalue weighted by Gasteiger charge is -2.04. The van der Waals surface area contributed by atoms with Gasteiger partial charge in [-0.25, -0.2) is 9.78 Å². The predicted octanol–water partition coefficient (Wildman–Crippen LogP) is 4.47. The number of esters is 1. The number of rotatable bonds is 8. The van der Waals surface area contributed by atoms with Crippen LogP contribution in [0.4, 0.5) is 5.13 Å². The van der Waals surface area contributed by atoms with Gasteiger partial charge in [0.15, 0.2) is 5.13 Å². The summed E-state index contributed by atoms with van der Waals surface area (Å²) in [7, 11) is 0. The van der Waals surface area contributed by atoms with E-state index >= 15 is 0 Å². The van der Waals surface area contributed by atoms with Crippen molar-refractivity contribution in [2.24, 2.45) is 0 Å². The van der Waals surface area contributed by atoms with Crippen molar-refractivity contribution in [3.8, 4) is 0 Å². The Bertz CT molecular complexity index is 595. The van der Waals surface area contributed by atoms with Gasteiger partial charge in [-0.05, 0) is 31.5 Å². The van der Waals surface area contributed by atoms with Crippen molar-refractivity contribution in [1.82, 2.24) is 4.98 Å². The van der Waals surface area contributed by atoms with Crippen LogP contribution in [0.5, 0.6) is 0 Å². The van der Waals surface area contributed by atoms with Gasteiger partial charge in [-0.3, -0.25) is 0 Å². The van der Waals surface area contributed by atoms with Gasteiger partial charge in [-0.15, -0.1) is 0 Å². The van der Waals surface area contributed by atoms with Crippen molar-refractivity contribution >= 4 is 32.7 Å². The van der Waals surface area contributed by atoms with Gasteiger partial charge in [0, 0.05) is 6.54 Å². The molecule has 2 aromatic rings. The summed E-state index contributed by atoms with van der Waals surface area (Å²) in [5.74, 6) is -0.244. The number of hydrogen-bond donors (Lipinski definition) is 1. The number of unbranched alkanes of at least 4 members (excludes halogenated alkanes) is 3. The molecule has 0 fully saturated rings. The fourth-order valence-corrected chi connectivity index (χ4v) is 3.03. The maximum atomic E-state index is 12.0. The number of ether oxygens (including phenoxy) is 1.